The van der Waals surface area contributed by atoms with Crippen molar-refractivity contribution < 1.29 is 0 Å². The molecule has 0 atom stereocenters. The largest absolute Gasteiger partial charge is 0.242 e. The first-order valence-electron chi connectivity index (χ1n) is 9.01. The first-order valence-corrected chi connectivity index (χ1v) is 9.01. The van der Waals surface area contributed by atoms with Crippen LogP contribution in [-0.4, -0.2) is 25.0 Å². The van der Waals surface area contributed by atoms with Crippen LogP contribution in [-0.2, 0) is 6.42 Å². The number of rotatable bonds is 3. The highest BCUT2D eigenvalue weighted by Crippen LogP contribution is 2.38. The predicted octanol–water partition coefficient (Wildman–Crippen LogP) is 4.43. The molecule has 0 unspecified atom stereocenters. The molecule has 0 amide bonds. The lowest BCUT2D eigenvalue weighted by atomic mass is 9.92. The Morgan fingerprint density at radius 2 is 1.88 bits per heavy atom. The molecule has 2 heterocycles. The molecule has 1 saturated carbocycles. The Balaban J connectivity index is 1.83. The van der Waals surface area contributed by atoms with Gasteiger partial charge in [0, 0.05) is 17.4 Å². The molecule has 0 saturated heterocycles. The van der Waals surface area contributed by atoms with E-state index in [9.17, 15) is 0 Å². The number of fused-ring (bicyclic) bond motifs is 1. The molecule has 0 radical (unpaired) electrons. The summed E-state index contributed by atoms with van der Waals surface area (Å²) in [6.07, 6.45) is 3.28. The van der Waals surface area contributed by atoms with Crippen LogP contribution in [0, 0.1) is 19.3 Å². The second-order valence-corrected chi connectivity index (χ2v) is 8.41. The molecule has 0 spiro atoms. The minimum absolute atomic E-state index is 0.180. The molecule has 2 aromatic heterocycles. The summed E-state index contributed by atoms with van der Waals surface area (Å²) >= 11 is 0. The second-order valence-electron chi connectivity index (χ2n) is 8.41. The molecule has 5 nitrogen and oxygen atoms in total. The predicted molar refractivity (Wildman–Crippen MR) is 99.5 cm³/mol. The van der Waals surface area contributed by atoms with Crippen molar-refractivity contribution in [1.29, 1.82) is 0 Å². The van der Waals surface area contributed by atoms with Gasteiger partial charge in [-0.1, -0.05) is 20.8 Å². The highest BCUT2D eigenvalue weighted by Gasteiger charge is 2.29. The van der Waals surface area contributed by atoms with Crippen LogP contribution in [0.25, 0.3) is 22.3 Å². The number of aryl methyl sites for hydroxylation is 2. The van der Waals surface area contributed by atoms with Crippen molar-refractivity contribution in [1.82, 2.24) is 25.0 Å². The molecule has 130 valence electrons. The van der Waals surface area contributed by atoms with Gasteiger partial charge in [-0.15, -0.1) is 0 Å². The Labute approximate surface area is 148 Å². The van der Waals surface area contributed by atoms with Crippen molar-refractivity contribution in [3.05, 3.63) is 35.3 Å². The normalized spacial score (nSPS) is 15.1. The molecule has 0 N–H and O–H groups in total. The standard InChI is InChI=1S/C20H25N5/c1-12-13(2)22-23-17-9-6-14(10-16(12)17)19-21-18(11-20(3,4)5)24-25(19)15-7-8-15/h6,9-10,15H,7-8,11H2,1-5H3. The van der Waals surface area contributed by atoms with Crippen molar-refractivity contribution in [2.75, 3.05) is 0 Å². The fourth-order valence-corrected chi connectivity index (χ4v) is 3.15. The Bertz CT molecular complexity index is 945. The van der Waals surface area contributed by atoms with Crippen LogP contribution in [0.1, 0.15) is 56.7 Å². The first-order chi connectivity index (χ1) is 11.8. The lowest BCUT2D eigenvalue weighted by molar-refractivity contribution is 0.399. The minimum Gasteiger partial charge on any atom is -0.242 e. The van der Waals surface area contributed by atoms with Crippen molar-refractivity contribution in [2.24, 2.45) is 5.41 Å². The smallest absolute Gasteiger partial charge is 0.158 e. The van der Waals surface area contributed by atoms with Crippen LogP contribution in [0.4, 0.5) is 0 Å². The van der Waals surface area contributed by atoms with E-state index in [4.69, 9.17) is 10.1 Å². The van der Waals surface area contributed by atoms with Crippen LogP contribution in [0.2, 0.25) is 0 Å². The zero-order valence-corrected chi connectivity index (χ0v) is 15.7. The maximum atomic E-state index is 4.90. The molecule has 1 aromatic carbocycles. The van der Waals surface area contributed by atoms with E-state index in [0.717, 1.165) is 40.2 Å². The Hall–Kier alpha value is -2.30. The van der Waals surface area contributed by atoms with Crippen molar-refractivity contribution in [3.8, 4) is 11.4 Å². The number of benzene rings is 1. The van der Waals surface area contributed by atoms with Crippen molar-refractivity contribution in [3.63, 3.8) is 0 Å². The molecule has 1 aliphatic rings. The van der Waals surface area contributed by atoms with Gasteiger partial charge in [0.2, 0.25) is 0 Å². The maximum absolute atomic E-state index is 4.90. The fraction of sp³-hybridized carbons (Fsp3) is 0.500. The third kappa shape index (κ3) is 3.15. The van der Waals surface area contributed by atoms with E-state index in [1.807, 2.05) is 13.0 Å². The van der Waals surface area contributed by atoms with Crippen LogP contribution >= 0.6 is 0 Å². The number of hydrogen-bond donors (Lipinski definition) is 0. The molecule has 0 aliphatic heterocycles. The number of aromatic nitrogens is 5. The molecule has 4 rings (SSSR count). The van der Waals surface area contributed by atoms with Gasteiger partial charge in [0.15, 0.2) is 11.6 Å². The van der Waals surface area contributed by atoms with Gasteiger partial charge >= 0.3 is 0 Å². The van der Waals surface area contributed by atoms with E-state index < -0.39 is 0 Å². The van der Waals surface area contributed by atoms with Crippen LogP contribution in [0.3, 0.4) is 0 Å². The van der Waals surface area contributed by atoms with Gasteiger partial charge in [-0.25, -0.2) is 9.67 Å². The van der Waals surface area contributed by atoms with Crippen LogP contribution in [0.15, 0.2) is 18.2 Å². The first kappa shape index (κ1) is 16.2. The SMILES string of the molecule is Cc1nnc2ccc(-c3nc(CC(C)(C)C)nn3C3CC3)cc2c1C. The van der Waals surface area contributed by atoms with Gasteiger partial charge in [0.05, 0.1) is 17.3 Å². The molecule has 0 bridgehead atoms. The summed E-state index contributed by atoms with van der Waals surface area (Å²) in [5.74, 6) is 1.92. The van der Waals surface area contributed by atoms with Gasteiger partial charge < -0.3 is 0 Å². The summed E-state index contributed by atoms with van der Waals surface area (Å²) in [5.41, 5.74) is 4.38. The van der Waals surface area contributed by atoms with Crippen LogP contribution in [0.5, 0.6) is 0 Å². The Morgan fingerprint density at radius 1 is 1.12 bits per heavy atom. The average molecular weight is 335 g/mol. The monoisotopic (exact) mass is 335 g/mol. The third-order valence-electron chi connectivity index (χ3n) is 4.77. The van der Waals surface area contributed by atoms with E-state index in [0.29, 0.717) is 6.04 Å². The van der Waals surface area contributed by atoms with Gasteiger partial charge in [-0.05, 0) is 55.9 Å². The molecular formula is C20H25N5. The molecular weight excluding hydrogens is 310 g/mol. The molecule has 1 fully saturated rings. The fourth-order valence-electron chi connectivity index (χ4n) is 3.15. The highest BCUT2D eigenvalue weighted by atomic mass is 15.4. The van der Waals surface area contributed by atoms with Gasteiger partial charge in [0.1, 0.15) is 0 Å². The highest BCUT2D eigenvalue weighted by molar-refractivity contribution is 5.86. The molecule has 5 heteroatoms. The zero-order valence-electron chi connectivity index (χ0n) is 15.7. The quantitative estimate of drug-likeness (QED) is 0.710. The van der Waals surface area contributed by atoms with E-state index in [1.165, 1.54) is 18.4 Å². The Kier molecular flexibility index (Phi) is 3.63. The van der Waals surface area contributed by atoms with E-state index in [1.54, 1.807) is 0 Å². The summed E-state index contributed by atoms with van der Waals surface area (Å²) < 4.78 is 2.14. The van der Waals surface area contributed by atoms with Crippen molar-refractivity contribution in [2.45, 2.75) is 59.9 Å². The van der Waals surface area contributed by atoms with Gasteiger partial charge in [-0.3, -0.25) is 0 Å². The lowest BCUT2D eigenvalue weighted by Gasteiger charge is -2.14. The average Bonchev–Trinajstić information content (AvgIpc) is 3.31. The van der Waals surface area contributed by atoms with E-state index in [-0.39, 0.29) is 5.41 Å². The summed E-state index contributed by atoms with van der Waals surface area (Å²) in [7, 11) is 0. The Morgan fingerprint density at radius 3 is 2.56 bits per heavy atom. The second kappa shape index (κ2) is 5.61. The molecule has 3 aromatic rings. The number of hydrogen-bond acceptors (Lipinski definition) is 4. The molecule has 25 heavy (non-hydrogen) atoms. The molecule has 1 aliphatic carbocycles. The van der Waals surface area contributed by atoms with E-state index in [2.05, 4.69) is 54.7 Å². The summed E-state index contributed by atoms with van der Waals surface area (Å²) in [5, 5.41) is 14.5. The maximum Gasteiger partial charge on any atom is 0.158 e. The topological polar surface area (TPSA) is 56.5 Å². The zero-order chi connectivity index (χ0) is 17.8. The lowest BCUT2D eigenvalue weighted by Crippen LogP contribution is -2.10. The summed E-state index contributed by atoms with van der Waals surface area (Å²) in [6.45, 7) is 10.8. The third-order valence-corrected chi connectivity index (χ3v) is 4.77. The van der Waals surface area contributed by atoms with Crippen molar-refractivity contribution >= 4 is 10.9 Å². The van der Waals surface area contributed by atoms with Crippen LogP contribution < -0.4 is 0 Å². The number of nitrogens with zero attached hydrogens (tertiary/aromatic N) is 5. The van der Waals surface area contributed by atoms with Gasteiger partial charge in [0.25, 0.3) is 0 Å². The minimum atomic E-state index is 0.180. The van der Waals surface area contributed by atoms with Gasteiger partial charge in [-0.2, -0.15) is 15.3 Å². The van der Waals surface area contributed by atoms with E-state index >= 15 is 0 Å². The summed E-state index contributed by atoms with van der Waals surface area (Å²) in [4.78, 5) is 4.90. The summed E-state index contributed by atoms with van der Waals surface area (Å²) in [6, 6.07) is 6.83.